The molecule has 0 aliphatic rings. The highest BCUT2D eigenvalue weighted by atomic mass is 16.5. The molecule has 0 amide bonds. The van der Waals surface area contributed by atoms with Crippen LogP contribution < -0.4 is 0 Å². The van der Waals surface area contributed by atoms with Gasteiger partial charge in [-0.2, -0.15) is 0 Å². The molecule has 1 N–H and O–H groups in total. The summed E-state index contributed by atoms with van der Waals surface area (Å²) in [6.07, 6.45) is 50.8. The van der Waals surface area contributed by atoms with E-state index in [4.69, 9.17) is 9.47 Å². The summed E-state index contributed by atoms with van der Waals surface area (Å²) in [4.78, 5) is 0. The van der Waals surface area contributed by atoms with E-state index in [0.29, 0.717) is 12.0 Å². The van der Waals surface area contributed by atoms with E-state index >= 15 is 0 Å². The molecule has 0 spiro atoms. The first-order valence-corrected chi connectivity index (χ1v) is 23.9. The Hall–Kier alpha value is -0.680. The number of aliphatic hydroxyl groups excluding tert-OH is 1. The van der Waals surface area contributed by atoms with Gasteiger partial charge in [0.2, 0.25) is 0 Å². The lowest BCUT2D eigenvalue weighted by molar-refractivity contribution is -0.894. The van der Waals surface area contributed by atoms with Gasteiger partial charge in [-0.25, -0.2) is 0 Å². The number of quaternary nitrogens is 1. The van der Waals surface area contributed by atoms with Crippen molar-refractivity contribution >= 4 is 0 Å². The molecular formula is C49H98NO3+. The SMILES string of the molecule is CCCCCCCC/C=C\CCCCCCCCOC(CC)CC(C[N+](C)(C)CCO)C(CC)OCCCCCCCC/C=C\CCCCCCCC. The maximum absolute atomic E-state index is 9.74. The topological polar surface area (TPSA) is 38.7 Å². The van der Waals surface area contributed by atoms with Crippen molar-refractivity contribution in [1.82, 2.24) is 0 Å². The molecule has 53 heavy (non-hydrogen) atoms. The van der Waals surface area contributed by atoms with E-state index in [-0.39, 0.29) is 12.7 Å². The number of ether oxygens (including phenoxy) is 2. The van der Waals surface area contributed by atoms with E-state index in [1.165, 1.54) is 180 Å². The van der Waals surface area contributed by atoms with Gasteiger partial charge in [-0.3, -0.25) is 0 Å². The van der Waals surface area contributed by atoms with Gasteiger partial charge in [-0.15, -0.1) is 0 Å². The Morgan fingerprint density at radius 3 is 1.23 bits per heavy atom. The molecule has 0 aromatic carbocycles. The lowest BCUT2D eigenvalue weighted by Crippen LogP contribution is -2.49. The standard InChI is InChI=1S/C49H98NO3/c1-7-11-13-15-17-19-21-23-25-27-29-31-33-35-37-39-43-52-48(9-3)45-47(46-50(5,6)41-42-51)49(10-4)53-44-40-38-36-34-32-30-28-26-24-22-20-18-16-14-12-8-2/h23-26,47-49,51H,7-22,27-46H2,1-6H3/q+1/b25-23-,26-24-. The summed E-state index contributed by atoms with van der Waals surface area (Å²) in [6, 6.07) is 0. The van der Waals surface area contributed by atoms with Gasteiger partial charge in [0, 0.05) is 19.1 Å². The van der Waals surface area contributed by atoms with E-state index in [2.05, 4.69) is 66.1 Å². The number of allylic oxidation sites excluding steroid dienone is 4. The molecular weight excluding hydrogens is 651 g/mol. The van der Waals surface area contributed by atoms with Crippen molar-refractivity contribution in [1.29, 1.82) is 0 Å². The van der Waals surface area contributed by atoms with Crippen LogP contribution in [0.2, 0.25) is 0 Å². The Balaban J connectivity index is 4.26. The third-order valence-corrected chi connectivity index (χ3v) is 11.4. The van der Waals surface area contributed by atoms with Crippen molar-refractivity contribution in [2.45, 2.75) is 239 Å². The molecule has 0 saturated heterocycles. The summed E-state index contributed by atoms with van der Waals surface area (Å²) >= 11 is 0. The first-order chi connectivity index (χ1) is 25.9. The van der Waals surface area contributed by atoms with Gasteiger partial charge in [0.1, 0.15) is 6.54 Å². The van der Waals surface area contributed by atoms with Crippen molar-refractivity contribution in [2.75, 3.05) is 47.0 Å². The average molecular weight is 749 g/mol. The van der Waals surface area contributed by atoms with E-state index in [1.807, 2.05) is 0 Å². The molecule has 0 aromatic rings. The van der Waals surface area contributed by atoms with Gasteiger partial charge in [0.25, 0.3) is 0 Å². The Morgan fingerprint density at radius 1 is 0.472 bits per heavy atom. The maximum Gasteiger partial charge on any atom is 0.102 e. The highest BCUT2D eigenvalue weighted by Gasteiger charge is 2.31. The van der Waals surface area contributed by atoms with Crippen LogP contribution in [0.3, 0.4) is 0 Å². The number of nitrogens with zero attached hydrogens (tertiary/aromatic N) is 1. The fourth-order valence-corrected chi connectivity index (χ4v) is 7.80. The summed E-state index contributed by atoms with van der Waals surface area (Å²) in [7, 11) is 4.52. The van der Waals surface area contributed by atoms with E-state index < -0.39 is 0 Å². The number of likely N-dealkylation sites (N-methyl/N-ethyl adjacent to an activating group) is 1. The molecule has 4 nitrogen and oxygen atoms in total. The Labute approximate surface area is 334 Å². The number of aliphatic hydroxyl groups is 1. The minimum Gasteiger partial charge on any atom is -0.391 e. The predicted molar refractivity (Wildman–Crippen MR) is 236 cm³/mol. The fourth-order valence-electron chi connectivity index (χ4n) is 7.80. The van der Waals surface area contributed by atoms with Gasteiger partial charge >= 0.3 is 0 Å². The van der Waals surface area contributed by atoms with Gasteiger partial charge in [-0.1, -0.05) is 168 Å². The van der Waals surface area contributed by atoms with Crippen LogP contribution in [0.5, 0.6) is 0 Å². The maximum atomic E-state index is 9.74. The summed E-state index contributed by atoms with van der Waals surface area (Å²) in [5.74, 6) is 0.445. The highest BCUT2D eigenvalue weighted by Crippen LogP contribution is 2.25. The third kappa shape index (κ3) is 36.7. The minimum absolute atomic E-state index is 0.233. The molecule has 0 aromatic heterocycles. The smallest absolute Gasteiger partial charge is 0.102 e. The zero-order chi connectivity index (χ0) is 38.9. The van der Waals surface area contributed by atoms with Crippen LogP contribution in [0.1, 0.15) is 227 Å². The van der Waals surface area contributed by atoms with Gasteiger partial charge in [-0.05, 0) is 83.5 Å². The normalized spacial score (nSPS) is 14.2. The van der Waals surface area contributed by atoms with Gasteiger partial charge in [0.15, 0.2) is 0 Å². The highest BCUT2D eigenvalue weighted by molar-refractivity contribution is 4.82. The van der Waals surface area contributed by atoms with E-state index in [1.54, 1.807) is 0 Å². The Morgan fingerprint density at radius 2 is 0.849 bits per heavy atom. The van der Waals surface area contributed by atoms with Crippen LogP contribution >= 0.6 is 0 Å². The van der Waals surface area contributed by atoms with E-state index in [0.717, 1.165) is 50.0 Å². The van der Waals surface area contributed by atoms with E-state index in [9.17, 15) is 5.11 Å². The van der Waals surface area contributed by atoms with Crippen molar-refractivity contribution in [2.24, 2.45) is 5.92 Å². The molecule has 0 radical (unpaired) electrons. The minimum atomic E-state index is 0.233. The van der Waals surface area contributed by atoms with Gasteiger partial charge in [0.05, 0.1) is 39.5 Å². The number of hydrogen-bond donors (Lipinski definition) is 1. The first kappa shape index (κ1) is 52.3. The molecule has 0 heterocycles. The lowest BCUT2D eigenvalue weighted by atomic mass is 9.91. The van der Waals surface area contributed by atoms with Gasteiger partial charge < -0.3 is 19.1 Å². The number of rotatable bonds is 43. The summed E-state index contributed by atoms with van der Waals surface area (Å²) < 4.78 is 14.0. The largest absolute Gasteiger partial charge is 0.391 e. The molecule has 316 valence electrons. The second kappa shape index (κ2) is 41.0. The zero-order valence-electron chi connectivity index (χ0n) is 37.2. The average Bonchev–Trinajstić information content (AvgIpc) is 3.14. The van der Waals surface area contributed by atoms with Crippen LogP contribution in [0.15, 0.2) is 24.3 Å². The van der Waals surface area contributed by atoms with Crippen LogP contribution in [0.4, 0.5) is 0 Å². The summed E-state index contributed by atoms with van der Waals surface area (Å²) in [5.41, 5.74) is 0. The van der Waals surface area contributed by atoms with Crippen molar-refractivity contribution in [3.8, 4) is 0 Å². The first-order valence-electron chi connectivity index (χ1n) is 23.9. The van der Waals surface area contributed by atoms with Crippen molar-refractivity contribution in [3.05, 3.63) is 24.3 Å². The second-order valence-electron chi connectivity index (χ2n) is 17.2. The lowest BCUT2D eigenvalue weighted by Gasteiger charge is -2.37. The summed E-state index contributed by atoms with van der Waals surface area (Å²) in [5, 5.41) is 9.74. The molecule has 0 bridgehead atoms. The van der Waals surface area contributed by atoms with Crippen molar-refractivity contribution in [3.63, 3.8) is 0 Å². The van der Waals surface area contributed by atoms with Crippen LogP contribution in [-0.4, -0.2) is 68.8 Å². The molecule has 0 aliphatic heterocycles. The fraction of sp³-hybridized carbons (Fsp3) is 0.918. The second-order valence-corrected chi connectivity index (χ2v) is 17.2. The molecule has 0 rings (SSSR count). The Kier molecular flexibility index (Phi) is 40.4. The molecule has 0 aliphatic carbocycles. The predicted octanol–water partition coefficient (Wildman–Crippen LogP) is 14.7. The third-order valence-electron chi connectivity index (χ3n) is 11.4. The molecule has 3 unspecified atom stereocenters. The van der Waals surface area contributed by atoms with Crippen LogP contribution in [0.25, 0.3) is 0 Å². The monoisotopic (exact) mass is 749 g/mol. The Bertz CT molecular complexity index is 765. The number of hydrogen-bond acceptors (Lipinski definition) is 3. The summed E-state index contributed by atoms with van der Waals surface area (Å²) in [6.45, 7) is 13.0. The molecule has 3 atom stereocenters. The van der Waals surface area contributed by atoms with Crippen LogP contribution in [-0.2, 0) is 9.47 Å². The molecule has 0 fully saturated rings. The number of unbranched alkanes of at least 4 members (excludes halogenated alkanes) is 24. The quantitative estimate of drug-likeness (QED) is 0.0383. The van der Waals surface area contributed by atoms with Crippen LogP contribution in [0, 0.1) is 5.92 Å². The van der Waals surface area contributed by atoms with Crippen molar-refractivity contribution < 1.29 is 19.1 Å². The molecule has 4 heteroatoms. The molecule has 0 saturated carbocycles. The zero-order valence-corrected chi connectivity index (χ0v) is 37.2.